The summed E-state index contributed by atoms with van der Waals surface area (Å²) in [5.74, 6) is -0.706. The monoisotopic (exact) mass is 529 g/mol. The highest BCUT2D eigenvalue weighted by Crippen LogP contribution is 2.41. The molecule has 8 nitrogen and oxygen atoms in total. The van der Waals surface area contributed by atoms with Gasteiger partial charge in [-0.05, 0) is 49.7 Å². The molecule has 2 aromatic carbocycles. The van der Waals surface area contributed by atoms with Gasteiger partial charge in [0, 0.05) is 18.7 Å². The summed E-state index contributed by atoms with van der Waals surface area (Å²) in [5.41, 5.74) is 0.201. The van der Waals surface area contributed by atoms with Crippen LogP contribution in [-0.2, 0) is 25.2 Å². The van der Waals surface area contributed by atoms with Crippen LogP contribution in [-0.4, -0.2) is 49.6 Å². The zero-order valence-electron chi connectivity index (χ0n) is 20.8. The largest absolute Gasteiger partial charge is 0.463 e. The van der Waals surface area contributed by atoms with E-state index in [0.29, 0.717) is 24.3 Å². The zero-order chi connectivity index (χ0) is 27.4. The first kappa shape index (κ1) is 27.2. The van der Waals surface area contributed by atoms with Gasteiger partial charge in [-0.15, -0.1) is 0 Å². The standard InChI is InChI=1S/C27H26F3N3O5/c1-3-36-25(34)23-17(2)33(21-6-4-5-20(15-21)27(28,29)30)26(35)32(12-11-22-37-13-14-38-22)24(23)19-9-7-18(16-31)8-10-19/h4-10,15,22,24H,3,11-14H2,1-2H3. The summed E-state index contributed by atoms with van der Waals surface area (Å²) in [7, 11) is 0. The second-order valence-corrected chi connectivity index (χ2v) is 8.68. The lowest BCUT2D eigenvalue weighted by molar-refractivity contribution is -0.139. The maximum atomic E-state index is 14.0. The smallest absolute Gasteiger partial charge is 0.416 e. The van der Waals surface area contributed by atoms with Crippen molar-refractivity contribution in [2.45, 2.75) is 38.8 Å². The summed E-state index contributed by atoms with van der Waals surface area (Å²) in [5, 5.41) is 9.22. The van der Waals surface area contributed by atoms with Crippen LogP contribution in [0.2, 0.25) is 0 Å². The molecule has 38 heavy (non-hydrogen) atoms. The van der Waals surface area contributed by atoms with Crippen LogP contribution in [0.1, 0.15) is 43.0 Å². The molecular weight excluding hydrogens is 503 g/mol. The quantitative estimate of drug-likeness (QED) is 0.460. The number of carbonyl (C=O) groups is 2. The lowest BCUT2D eigenvalue weighted by atomic mass is 9.92. The van der Waals surface area contributed by atoms with Crippen LogP contribution in [0.15, 0.2) is 59.8 Å². The number of nitrogens with zero attached hydrogens (tertiary/aromatic N) is 3. The Labute approximate surface area is 217 Å². The number of benzene rings is 2. The number of rotatable bonds is 7. The van der Waals surface area contributed by atoms with Crippen molar-refractivity contribution < 1.29 is 37.0 Å². The third-order valence-electron chi connectivity index (χ3n) is 6.33. The third-order valence-corrected chi connectivity index (χ3v) is 6.33. The van der Waals surface area contributed by atoms with Gasteiger partial charge in [0.2, 0.25) is 0 Å². The fraction of sp³-hybridized carbons (Fsp3) is 0.370. The summed E-state index contributed by atoms with van der Waals surface area (Å²) in [4.78, 5) is 29.8. The van der Waals surface area contributed by atoms with Gasteiger partial charge in [-0.2, -0.15) is 18.4 Å². The Morgan fingerprint density at radius 2 is 1.84 bits per heavy atom. The molecule has 0 bridgehead atoms. The van der Waals surface area contributed by atoms with Crippen molar-refractivity contribution >= 4 is 17.7 Å². The van der Waals surface area contributed by atoms with Crippen molar-refractivity contribution in [1.29, 1.82) is 5.26 Å². The number of esters is 1. The molecule has 11 heteroatoms. The molecule has 1 atom stereocenters. The molecule has 1 saturated heterocycles. The highest BCUT2D eigenvalue weighted by atomic mass is 19.4. The maximum Gasteiger partial charge on any atom is 0.416 e. The fourth-order valence-electron chi connectivity index (χ4n) is 4.58. The molecule has 1 unspecified atom stereocenters. The van der Waals surface area contributed by atoms with Crippen molar-refractivity contribution in [3.8, 4) is 6.07 Å². The number of allylic oxidation sites excluding steroid dienone is 1. The van der Waals surface area contributed by atoms with Crippen LogP contribution < -0.4 is 4.90 Å². The van der Waals surface area contributed by atoms with E-state index >= 15 is 0 Å². The Morgan fingerprint density at radius 3 is 2.45 bits per heavy atom. The molecule has 1 fully saturated rings. The van der Waals surface area contributed by atoms with Gasteiger partial charge in [0.05, 0.1) is 54.3 Å². The van der Waals surface area contributed by atoms with E-state index in [1.807, 2.05) is 6.07 Å². The first-order valence-electron chi connectivity index (χ1n) is 12.0. The highest BCUT2D eigenvalue weighted by molar-refractivity contribution is 6.03. The molecule has 2 heterocycles. The summed E-state index contributed by atoms with van der Waals surface area (Å²) in [6.07, 6.45) is -4.92. The van der Waals surface area contributed by atoms with E-state index in [1.165, 1.54) is 24.0 Å². The van der Waals surface area contributed by atoms with Crippen LogP contribution >= 0.6 is 0 Å². The maximum absolute atomic E-state index is 14.0. The average Bonchev–Trinajstić information content (AvgIpc) is 3.41. The van der Waals surface area contributed by atoms with Gasteiger partial charge in [-0.25, -0.2) is 9.59 Å². The molecule has 0 radical (unpaired) electrons. The van der Waals surface area contributed by atoms with Crippen LogP contribution in [0.5, 0.6) is 0 Å². The number of hydrogen-bond acceptors (Lipinski definition) is 6. The Hall–Kier alpha value is -3.88. The van der Waals surface area contributed by atoms with E-state index < -0.39 is 36.1 Å². The van der Waals surface area contributed by atoms with Crippen LogP contribution in [0, 0.1) is 11.3 Å². The van der Waals surface area contributed by atoms with Gasteiger partial charge < -0.3 is 19.1 Å². The lowest BCUT2D eigenvalue weighted by Crippen LogP contribution is -2.51. The Kier molecular flexibility index (Phi) is 8.04. The molecule has 2 aliphatic heterocycles. The van der Waals surface area contributed by atoms with E-state index in [2.05, 4.69) is 0 Å². The second kappa shape index (κ2) is 11.2. The Bertz CT molecular complexity index is 1260. The minimum absolute atomic E-state index is 0.0410. The summed E-state index contributed by atoms with van der Waals surface area (Å²) < 4.78 is 56.8. The van der Waals surface area contributed by atoms with E-state index in [9.17, 15) is 28.0 Å². The number of carbonyl (C=O) groups excluding carboxylic acids is 2. The number of hydrogen-bond donors (Lipinski definition) is 0. The van der Waals surface area contributed by atoms with Gasteiger partial charge in [0.25, 0.3) is 0 Å². The molecule has 200 valence electrons. The lowest BCUT2D eigenvalue weighted by Gasteiger charge is -2.43. The number of ether oxygens (including phenoxy) is 3. The zero-order valence-corrected chi connectivity index (χ0v) is 20.8. The van der Waals surface area contributed by atoms with Crippen molar-refractivity contribution in [2.75, 3.05) is 31.3 Å². The Balaban J connectivity index is 1.87. The van der Waals surface area contributed by atoms with Gasteiger partial charge in [0.1, 0.15) is 0 Å². The van der Waals surface area contributed by atoms with Gasteiger partial charge in [-0.1, -0.05) is 18.2 Å². The first-order valence-corrected chi connectivity index (χ1v) is 12.0. The first-order chi connectivity index (χ1) is 18.2. The van der Waals surface area contributed by atoms with Crippen LogP contribution in [0.25, 0.3) is 0 Å². The second-order valence-electron chi connectivity index (χ2n) is 8.68. The molecule has 4 rings (SSSR count). The number of anilines is 1. The predicted octanol–water partition coefficient (Wildman–Crippen LogP) is 5.16. The third kappa shape index (κ3) is 5.51. The molecule has 0 N–H and O–H groups in total. The minimum atomic E-state index is -4.63. The number of urea groups is 1. The van der Waals surface area contributed by atoms with Gasteiger partial charge in [-0.3, -0.25) is 4.90 Å². The van der Waals surface area contributed by atoms with E-state index in [-0.39, 0.29) is 36.5 Å². The molecule has 2 aromatic rings. The predicted molar refractivity (Wildman–Crippen MR) is 130 cm³/mol. The molecule has 0 aromatic heterocycles. The van der Waals surface area contributed by atoms with E-state index in [1.54, 1.807) is 31.2 Å². The molecule has 0 spiro atoms. The van der Waals surface area contributed by atoms with Crippen molar-refractivity contribution in [1.82, 2.24) is 4.90 Å². The normalized spacial score (nSPS) is 18.6. The highest BCUT2D eigenvalue weighted by Gasteiger charge is 2.43. The van der Waals surface area contributed by atoms with Crippen LogP contribution in [0.3, 0.4) is 0 Å². The van der Waals surface area contributed by atoms with E-state index in [0.717, 1.165) is 17.0 Å². The number of alkyl halides is 3. The Morgan fingerprint density at radius 1 is 1.16 bits per heavy atom. The molecule has 0 aliphatic carbocycles. The van der Waals surface area contributed by atoms with Crippen LogP contribution in [0.4, 0.5) is 23.7 Å². The number of nitriles is 1. The van der Waals surface area contributed by atoms with Gasteiger partial charge in [0.15, 0.2) is 6.29 Å². The fourth-order valence-corrected chi connectivity index (χ4v) is 4.58. The topological polar surface area (TPSA) is 92.1 Å². The summed E-state index contributed by atoms with van der Waals surface area (Å²) in [6, 6.07) is 11.3. The minimum Gasteiger partial charge on any atom is -0.463 e. The number of halogens is 3. The van der Waals surface area contributed by atoms with Crippen molar-refractivity contribution in [3.63, 3.8) is 0 Å². The average molecular weight is 530 g/mol. The molecular formula is C27H26F3N3O5. The SMILES string of the molecule is CCOC(=O)C1=C(C)N(c2cccc(C(F)(F)F)c2)C(=O)N(CCC2OCCO2)C1c1ccc(C#N)cc1. The molecule has 2 aliphatic rings. The number of amides is 2. The molecule has 2 amide bonds. The molecule has 0 saturated carbocycles. The van der Waals surface area contributed by atoms with Gasteiger partial charge >= 0.3 is 18.2 Å². The summed E-state index contributed by atoms with van der Waals surface area (Å²) in [6.45, 7) is 4.07. The summed E-state index contributed by atoms with van der Waals surface area (Å²) >= 11 is 0. The van der Waals surface area contributed by atoms with E-state index in [4.69, 9.17) is 14.2 Å². The van der Waals surface area contributed by atoms with Crippen molar-refractivity contribution in [3.05, 3.63) is 76.5 Å². The van der Waals surface area contributed by atoms with Crippen molar-refractivity contribution in [2.24, 2.45) is 0 Å².